The van der Waals surface area contributed by atoms with Crippen molar-refractivity contribution in [1.82, 2.24) is 30.7 Å². The van der Waals surface area contributed by atoms with Gasteiger partial charge in [-0.15, -0.1) is 24.0 Å². The highest BCUT2D eigenvalue weighted by Gasteiger charge is 2.04. The summed E-state index contributed by atoms with van der Waals surface area (Å²) in [6.45, 7) is 3.96. The van der Waals surface area contributed by atoms with Gasteiger partial charge in [-0.1, -0.05) is 12.1 Å². The SMILES string of the molecule is CCNC(=NCc1ncnn1C)NCCc1cccc(C(=O)NC)c1.I. The van der Waals surface area contributed by atoms with E-state index in [0.717, 1.165) is 30.3 Å². The number of amides is 1. The van der Waals surface area contributed by atoms with E-state index in [2.05, 4.69) is 31.0 Å². The molecule has 0 radical (unpaired) electrons. The van der Waals surface area contributed by atoms with Crippen molar-refractivity contribution in [2.75, 3.05) is 20.1 Å². The molecule has 0 unspecified atom stereocenters. The number of aryl methyl sites for hydroxylation is 1. The van der Waals surface area contributed by atoms with Crippen molar-refractivity contribution in [3.8, 4) is 0 Å². The van der Waals surface area contributed by atoms with Gasteiger partial charge in [0.15, 0.2) is 5.96 Å². The molecule has 0 fully saturated rings. The Morgan fingerprint density at radius 3 is 2.77 bits per heavy atom. The molecular weight excluding hydrogens is 445 g/mol. The summed E-state index contributed by atoms with van der Waals surface area (Å²) in [5, 5.41) is 13.2. The third-order valence-corrected chi connectivity index (χ3v) is 3.65. The van der Waals surface area contributed by atoms with Gasteiger partial charge in [0, 0.05) is 32.7 Å². The highest BCUT2D eigenvalue weighted by molar-refractivity contribution is 14.0. The Labute approximate surface area is 170 Å². The van der Waals surface area contributed by atoms with Crippen molar-refractivity contribution in [3.05, 3.63) is 47.5 Å². The van der Waals surface area contributed by atoms with Crippen LogP contribution >= 0.6 is 24.0 Å². The molecule has 1 amide bonds. The van der Waals surface area contributed by atoms with E-state index in [0.29, 0.717) is 18.7 Å². The lowest BCUT2D eigenvalue weighted by molar-refractivity contribution is 0.0963. The lowest BCUT2D eigenvalue weighted by atomic mass is 10.1. The lowest BCUT2D eigenvalue weighted by Gasteiger charge is -2.11. The van der Waals surface area contributed by atoms with Crippen LogP contribution in [-0.2, 0) is 20.0 Å². The number of aliphatic imine (C=N–C) groups is 1. The van der Waals surface area contributed by atoms with Crippen LogP contribution in [0.2, 0.25) is 0 Å². The first-order valence-corrected chi connectivity index (χ1v) is 8.30. The Kier molecular flexibility index (Phi) is 9.63. The maximum atomic E-state index is 11.7. The molecule has 0 saturated carbocycles. The second-order valence-corrected chi connectivity index (χ2v) is 5.45. The largest absolute Gasteiger partial charge is 0.357 e. The van der Waals surface area contributed by atoms with Gasteiger partial charge >= 0.3 is 0 Å². The summed E-state index contributed by atoms with van der Waals surface area (Å²) in [7, 11) is 3.48. The number of carbonyl (C=O) groups excluding carboxylic acids is 1. The quantitative estimate of drug-likeness (QED) is 0.319. The second-order valence-electron chi connectivity index (χ2n) is 5.45. The monoisotopic (exact) mass is 471 g/mol. The van der Waals surface area contributed by atoms with Crippen LogP contribution in [0, 0.1) is 0 Å². The summed E-state index contributed by atoms with van der Waals surface area (Å²) in [6, 6.07) is 7.62. The molecule has 0 saturated heterocycles. The highest BCUT2D eigenvalue weighted by atomic mass is 127. The maximum absolute atomic E-state index is 11.7. The second kappa shape index (κ2) is 11.4. The minimum Gasteiger partial charge on any atom is -0.357 e. The lowest BCUT2D eigenvalue weighted by Crippen LogP contribution is -2.38. The van der Waals surface area contributed by atoms with E-state index < -0.39 is 0 Å². The number of nitrogens with zero attached hydrogens (tertiary/aromatic N) is 4. The van der Waals surface area contributed by atoms with Gasteiger partial charge in [-0.3, -0.25) is 9.48 Å². The van der Waals surface area contributed by atoms with E-state index in [1.165, 1.54) is 6.33 Å². The maximum Gasteiger partial charge on any atom is 0.251 e. The number of hydrogen-bond donors (Lipinski definition) is 3. The van der Waals surface area contributed by atoms with E-state index >= 15 is 0 Å². The molecule has 1 heterocycles. The molecule has 0 atom stereocenters. The Balaban J connectivity index is 0.00000338. The fraction of sp³-hybridized carbons (Fsp3) is 0.412. The van der Waals surface area contributed by atoms with Crippen LogP contribution in [0.15, 0.2) is 35.6 Å². The van der Waals surface area contributed by atoms with E-state index in [9.17, 15) is 4.79 Å². The molecule has 0 aliphatic carbocycles. The fourth-order valence-corrected chi connectivity index (χ4v) is 2.29. The van der Waals surface area contributed by atoms with Crippen LogP contribution in [0.3, 0.4) is 0 Å². The third-order valence-electron chi connectivity index (χ3n) is 3.65. The minimum absolute atomic E-state index is 0. The zero-order valence-electron chi connectivity index (χ0n) is 15.3. The number of halogens is 1. The molecule has 8 nitrogen and oxygen atoms in total. The third kappa shape index (κ3) is 6.62. The normalized spacial score (nSPS) is 10.8. The van der Waals surface area contributed by atoms with Crippen molar-refractivity contribution in [1.29, 1.82) is 0 Å². The summed E-state index contributed by atoms with van der Waals surface area (Å²) in [5.41, 5.74) is 1.76. The van der Waals surface area contributed by atoms with Gasteiger partial charge in [-0.05, 0) is 31.0 Å². The van der Waals surface area contributed by atoms with Gasteiger partial charge < -0.3 is 16.0 Å². The number of carbonyl (C=O) groups is 1. The van der Waals surface area contributed by atoms with Crippen molar-refractivity contribution in [3.63, 3.8) is 0 Å². The molecule has 0 aliphatic rings. The number of nitrogens with one attached hydrogen (secondary N) is 3. The van der Waals surface area contributed by atoms with Crippen LogP contribution in [0.25, 0.3) is 0 Å². The first-order chi connectivity index (χ1) is 12.1. The smallest absolute Gasteiger partial charge is 0.251 e. The zero-order valence-corrected chi connectivity index (χ0v) is 17.7. The predicted octanol–water partition coefficient (Wildman–Crippen LogP) is 1.09. The molecule has 0 aliphatic heterocycles. The van der Waals surface area contributed by atoms with Gasteiger partial charge in [0.1, 0.15) is 18.7 Å². The first kappa shape index (κ1) is 21.9. The van der Waals surface area contributed by atoms with Gasteiger partial charge in [0.2, 0.25) is 0 Å². The van der Waals surface area contributed by atoms with Crippen LogP contribution in [0.5, 0.6) is 0 Å². The number of guanidine groups is 1. The van der Waals surface area contributed by atoms with Crippen molar-refractivity contribution in [2.45, 2.75) is 19.9 Å². The molecular formula is C17H26IN7O. The van der Waals surface area contributed by atoms with Crippen molar-refractivity contribution < 1.29 is 4.79 Å². The molecule has 0 bridgehead atoms. The van der Waals surface area contributed by atoms with Gasteiger partial charge in [0.05, 0.1) is 0 Å². The summed E-state index contributed by atoms with van der Waals surface area (Å²) in [5.74, 6) is 1.46. The molecule has 1 aromatic heterocycles. The Bertz CT molecular complexity index is 729. The number of benzene rings is 1. The number of hydrogen-bond acceptors (Lipinski definition) is 4. The Hall–Kier alpha value is -2.17. The molecule has 9 heteroatoms. The zero-order chi connectivity index (χ0) is 18.1. The van der Waals surface area contributed by atoms with Gasteiger partial charge in [-0.25, -0.2) is 9.98 Å². The van der Waals surface area contributed by atoms with Crippen molar-refractivity contribution in [2.24, 2.45) is 12.0 Å². The van der Waals surface area contributed by atoms with Crippen LogP contribution in [-0.4, -0.2) is 46.8 Å². The average Bonchev–Trinajstić information content (AvgIpc) is 3.04. The van der Waals surface area contributed by atoms with Gasteiger partial charge in [0.25, 0.3) is 5.91 Å². The molecule has 1 aromatic carbocycles. The minimum atomic E-state index is -0.0756. The van der Waals surface area contributed by atoms with Gasteiger partial charge in [-0.2, -0.15) is 5.10 Å². The van der Waals surface area contributed by atoms with E-state index in [1.807, 2.05) is 38.2 Å². The van der Waals surface area contributed by atoms with E-state index in [1.54, 1.807) is 11.7 Å². The Morgan fingerprint density at radius 1 is 1.31 bits per heavy atom. The summed E-state index contributed by atoms with van der Waals surface area (Å²) in [6.07, 6.45) is 2.31. The standard InChI is InChI=1S/C17H25N7O.HI/c1-4-19-17(21-11-15-22-12-23-24(15)3)20-9-8-13-6-5-7-14(10-13)16(25)18-2;/h5-7,10,12H,4,8-9,11H2,1-3H3,(H,18,25)(H2,19,20,21);1H. The highest BCUT2D eigenvalue weighted by Crippen LogP contribution is 2.05. The topological polar surface area (TPSA) is 96.2 Å². The van der Waals surface area contributed by atoms with E-state index in [4.69, 9.17) is 0 Å². The Morgan fingerprint density at radius 2 is 2.12 bits per heavy atom. The summed E-state index contributed by atoms with van der Waals surface area (Å²) < 4.78 is 1.71. The molecule has 142 valence electrons. The molecule has 26 heavy (non-hydrogen) atoms. The number of aromatic nitrogens is 3. The predicted molar refractivity (Wildman–Crippen MR) is 113 cm³/mol. The average molecular weight is 471 g/mol. The van der Waals surface area contributed by atoms with Crippen LogP contribution in [0.4, 0.5) is 0 Å². The number of rotatable bonds is 7. The van der Waals surface area contributed by atoms with Crippen LogP contribution < -0.4 is 16.0 Å². The molecule has 2 rings (SSSR count). The van der Waals surface area contributed by atoms with Crippen LogP contribution in [0.1, 0.15) is 28.7 Å². The first-order valence-electron chi connectivity index (χ1n) is 8.30. The fourth-order valence-electron chi connectivity index (χ4n) is 2.29. The summed E-state index contributed by atoms with van der Waals surface area (Å²) >= 11 is 0. The molecule has 2 aromatic rings. The molecule has 0 spiro atoms. The van der Waals surface area contributed by atoms with E-state index in [-0.39, 0.29) is 29.9 Å². The molecule has 3 N–H and O–H groups in total. The van der Waals surface area contributed by atoms with Crippen molar-refractivity contribution >= 4 is 35.8 Å². The summed E-state index contributed by atoms with van der Waals surface area (Å²) in [4.78, 5) is 20.4.